The van der Waals surface area contributed by atoms with Crippen molar-refractivity contribution in [1.82, 2.24) is 4.98 Å². The lowest BCUT2D eigenvalue weighted by Crippen LogP contribution is -2.04. The van der Waals surface area contributed by atoms with Gasteiger partial charge < -0.3 is 10.6 Å². The molecule has 1 aliphatic carbocycles. The molecule has 3 heterocycles. The average Bonchev–Trinajstić information content (AvgIpc) is 3.30. The number of benzene rings is 1. The van der Waals surface area contributed by atoms with Crippen LogP contribution in [0.15, 0.2) is 65.3 Å². The molecule has 5 rings (SSSR count). The predicted octanol–water partition coefficient (Wildman–Crippen LogP) is 5.48. The summed E-state index contributed by atoms with van der Waals surface area (Å²) in [5.74, 6) is 0.807. The number of nitrogens with one attached hydrogen (secondary N) is 2. The van der Waals surface area contributed by atoms with Crippen LogP contribution in [0.5, 0.6) is 0 Å². The number of allylic oxidation sites excluding steroid dienone is 1. The number of aliphatic imine (C=N–C) groups is 1. The lowest BCUT2D eigenvalue weighted by molar-refractivity contribution is -0.114. The first kappa shape index (κ1) is 19.7. The summed E-state index contributed by atoms with van der Waals surface area (Å²) in [4.78, 5) is 22.7. The van der Waals surface area contributed by atoms with Crippen molar-refractivity contribution in [2.75, 3.05) is 17.7 Å². The Kier molecular flexibility index (Phi) is 5.16. The number of nitrogens with zero attached hydrogens (tertiary/aromatic N) is 2. The van der Waals surface area contributed by atoms with E-state index in [1.807, 2.05) is 25.4 Å². The van der Waals surface area contributed by atoms with Gasteiger partial charge in [-0.2, -0.15) is 0 Å². The van der Waals surface area contributed by atoms with E-state index in [4.69, 9.17) is 4.99 Å². The molecular formula is C25H24N4OS. The lowest BCUT2D eigenvalue weighted by Gasteiger charge is -2.14. The molecule has 0 bridgehead atoms. The molecule has 0 radical (unpaired) electrons. The van der Waals surface area contributed by atoms with Crippen LogP contribution in [0.1, 0.15) is 47.4 Å². The minimum absolute atomic E-state index is 0.0377. The van der Waals surface area contributed by atoms with Crippen LogP contribution in [-0.4, -0.2) is 23.7 Å². The number of aryl methyl sites for hydroxylation is 1. The molecule has 0 fully saturated rings. The summed E-state index contributed by atoms with van der Waals surface area (Å²) in [5, 5.41) is 6.97. The quantitative estimate of drug-likeness (QED) is 0.578. The SMILES string of the molecule is CNc1ccc(C2=NC(c3ccccc3)C3=C2CCCc2cc(NC(C)=O)sc23)cn1. The summed E-state index contributed by atoms with van der Waals surface area (Å²) in [6, 6.07) is 16.7. The average molecular weight is 429 g/mol. The summed E-state index contributed by atoms with van der Waals surface area (Å²) in [6.45, 7) is 1.56. The molecule has 31 heavy (non-hydrogen) atoms. The summed E-state index contributed by atoms with van der Waals surface area (Å²) in [6.07, 6.45) is 4.96. The van der Waals surface area contributed by atoms with Gasteiger partial charge in [0.2, 0.25) is 5.91 Å². The van der Waals surface area contributed by atoms with E-state index >= 15 is 0 Å². The normalized spacial score (nSPS) is 17.5. The summed E-state index contributed by atoms with van der Waals surface area (Å²) in [7, 11) is 1.87. The number of aromatic nitrogens is 1. The maximum Gasteiger partial charge on any atom is 0.221 e. The molecule has 1 atom stereocenters. The maximum atomic E-state index is 11.6. The van der Waals surface area contributed by atoms with Gasteiger partial charge in [-0.3, -0.25) is 9.79 Å². The molecule has 1 amide bonds. The molecule has 0 spiro atoms. The zero-order valence-corrected chi connectivity index (χ0v) is 18.4. The molecule has 0 saturated carbocycles. The van der Waals surface area contributed by atoms with Crippen molar-refractivity contribution in [3.63, 3.8) is 0 Å². The Morgan fingerprint density at radius 1 is 1.13 bits per heavy atom. The van der Waals surface area contributed by atoms with Crippen molar-refractivity contribution in [3.05, 3.63) is 81.9 Å². The predicted molar refractivity (Wildman–Crippen MR) is 128 cm³/mol. The van der Waals surface area contributed by atoms with Crippen molar-refractivity contribution in [3.8, 4) is 0 Å². The number of rotatable bonds is 4. The second kappa shape index (κ2) is 8.12. The van der Waals surface area contributed by atoms with E-state index in [0.717, 1.165) is 41.4 Å². The highest BCUT2D eigenvalue weighted by Gasteiger charge is 2.34. The second-order valence-electron chi connectivity index (χ2n) is 7.87. The molecular weight excluding hydrogens is 404 g/mol. The number of carbonyl (C=O) groups is 1. The van der Waals surface area contributed by atoms with Crippen LogP contribution in [-0.2, 0) is 11.2 Å². The van der Waals surface area contributed by atoms with Gasteiger partial charge in [0.1, 0.15) is 11.9 Å². The minimum atomic E-state index is -0.0455. The third kappa shape index (κ3) is 3.68. The summed E-state index contributed by atoms with van der Waals surface area (Å²) >= 11 is 1.67. The van der Waals surface area contributed by atoms with Crippen molar-refractivity contribution >= 4 is 39.3 Å². The van der Waals surface area contributed by atoms with Gasteiger partial charge in [-0.15, -0.1) is 11.3 Å². The Morgan fingerprint density at radius 3 is 2.68 bits per heavy atom. The van der Waals surface area contributed by atoms with Crippen LogP contribution in [0.2, 0.25) is 0 Å². The standard InChI is InChI=1S/C25H24N4OS/c1-15(30)28-21-13-17-9-6-10-19-22(25(17)31-21)24(16-7-4-3-5-8-16)29-23(19)18-11-12-20(26-2)27-14-18/h3-5,7-8,11-14,24H,6,9-10H2,1-2H3,(H,26,27)(H,28,30). The van der Waals surface area contributed by atoms with Gasteiger partial charge in [-0.05, 0) is 54.2 Å². The maximum absolute atomic E-state index is 11.6. The third-order valence-electron chi connectivity index (χ3n) is 5.78. The highest BCUT2D eigenvalue weighted by atomic mass is 32.1. The topological polar surface area (TPSA) is 66.4 Å². The summed E-state index contributed by atoms with van der Waals surface area (Å²) < 4.78 is 0. The third-order valence-corrected chi connectivity index (χ3v) is 6.90. The molecule has 156 valence electrons. The molecule has 0 saturated heterocycles. The first-order valence-corrected chi connectivity index (χ1v) is 11.4. The van der Waals surface area contributed by atoms with E-state index < -0.39 is 0 Å². The van der Waals surface area contributed by atoms with E-state index in [2.05, 4.69) is 52.0 Å². The van der Waals surface area contributed by atoms with E-state index in [1.54, 1.807) is 18.3 Å². The number of anilines is 2. The lowest BCUT2D eigenvalue weighted by atomic mass is 9.92. The van der Waals surface area contributed by atoms with Crippen molar-refractivity contribution in [2.24, 2.45) is 4.99 Å². The van der Waals surface area contributed by atoms with Gasteiger partial charge in [0.15, 0.2) is 0 Å². The number of carbonyl (C=O) groups excluding carboxylic acids is 1. The van der Waals surface area contributed by atoms with E-state index in [9.17, 15) is 4.79 Å². The number of amides is 1. The van der Waals surface area contributed by atoms with Crippen LogP contribution in [0.4, 0.5) is 10.8 Å². The first-order chi connectivity index (χ1) is 15.1. The van der Waals surface area contributed by atoms with Crippen LogP contribution in [0, 0.1) is 0 Å². The Bertz CT molecular complexity index is 1190. The highest BCUT2D eigenvalue weighted by Crippen LogP contribution is 2.49. The highest BCUT2D eigenvalue weighted by molar-refractivity contribution is 7.17. The number of hydrogen-bond acceptors (Lipinski definition) is 5. The van der Waals surface area contributed by atoms with E-state index in [0.29, 0.717) is 0 Å². The van der Waals surface area contributed by atoms with Gasteiger partial charge in [0.05, 0.1) is 10.7 Å². The molecule has 1 aliphatic heterocycles. The fourth-order valence-electron chi connectivity index (χ4n) is 4.42. The minimum Gasteiger partial charge on any atom is -0.373 e. The van der Waals surface area contributed by atoms with Crippen molar-refractivity contribution < 1.29 is 4.79 Å². The smallest absolute Gasteiger partial charge is 0.221 e. The molecule has 1 unspecified atom stereocenters. The van der Waals surface area contributed by atoms with Crippen molar-refractivity contribution in [1.29, 1.82) is 0 Å². The Balaban J connectivity index is 1.67. The molecule has 2 aliphatic rings. The van der Waals surface area contributed by atoms with Crippen LogP contribution >= 0.6 is 11.3 Å². The molecule has 5 nitrogen and oxygen atoms in total. The number of fused-ring (bicyclic) bond motifs is 2. The molecule has 1 aromatic carbocycles. The molecule has 2 aromatic heterocycles. The molecule has 2 N–H and O–H groups in total. The number of thiophene rings is 1. The fraction of sp³-hybridized carbons (Fsp3) is 0.240. The zero-order valence-electron chi connectivity index (χ0n) is 17.6. The Labute approximate surface area is 186 Å². The van der Waals surface area contributed by atoms with Gasteiger partial charge in [0, 0.05) is 36.2 Å². The Hall–Kier alpha value is -3.25. The van der Waals surface area contributed by atoms with E-state index in [1.165, 1.54) is 27.2 Å². The van der Waals surface area contributed by atoms with Crippen LogP contribution in [0.25, 0.3) is 5.57 Å². The largest absolute Gasteiger partial charge is 0.373 e. The Morgan fingerprint density at radius 2 is 1.97 bits per heavy atom. The van der Waals surface area contributed by atoms with Crippen LogP contribution in [0.3, 0.4) is 0 Å². The van der Waals surface area contributed by atoms with Gasteiger partial charge in [0.25, 0.3) is 0 Å². The second-order valence-corrected chi connectivity index (χ2v) is 8.92. The zero-order chi connectivity index (χ0) is 21.4. The monoisotopic (exact) mass is 428 g/mol. The number of hydrogen-bond donors (Lipinski definition) is 2. The van der Waals surface area contributed by atoms with Gasteiger partial charge in [-0.1, -0.05) is 30.3 Å². The van der Waals surface area contributed by atoms with Crippen LogP contribution < -0.4 is 10.6 Å². The first-order valence-electron chi connectivity index (χ1n) is 10.5. The van der Waals surface area contributed by atoms with Gasteiger partial charge in [-0.25, -0.2) is 4.98 Å². The summed E-state index contributed by atoms with van der Waals surface area (Å²) in [5.41, 5.74) is 7.18. The van der Waals surface area contributed by atoms with E-state index in [-0.39, 0.29) is 11.9 Å². The molecule has 3 aromatic rings. The van der Waals surface area contributed by atoms with Gasteiger partial charge >= 0.3 is 0 Å². The van der Waals surface area contributed by atoms with Crippen molar-refractivity contribution in [2.45, 2.75) is 32.2 Å². The molecule has 6 heteroatoms. The number of pyridine rings is 1. The fourth-order valence-corrected chi connectivity index (χ4v) is 5.67.